The van der Waals surface area contributed by atoms with E-state index in [0.717, 1.165) is 22.4 Å². The predicted molar refractivity (Wildman–Crippen MR) is 132 cm³/mol. The van der Waals surface area contributed by atoms with Gasteiger partial charge in [0.15, 0.2) is 11.5 Å². The van der Waals surface area contributed by atoms with Gasteiger partial charge in [0.1, 0.15) is 5.75 Å². The largest absolute Gasteiger partial charge is 0.497 e. The molecule has 0 saturated carbocycles. The molecule has 175 valence electrons. The Morgan fingerprint density at radius 3 is 2.21 bits per heavy atom. The molecule has 2 atom stereocenters. The van der Waals surface area contributed by atoms with Crippen molar-refractivity contribution in [2.24, 2.45) is 0 Å². The summed E-state index contributed by atoms with van der Waals surface area (Å²) in [6, 6.07) is 21.2. The maximum atomic E-state index is 11.1. The van der Waals surface area contributed by atoms with Gasteiger partial charge < -0.3 is 19.3 Å². The first-order valence-corrected chi connectivity index (χ1v) is 11.2. The highest BCUT2D eigenvalue weighted by Gasteiger charge is 2.24. The van der Waals surface area contributed by atoms with Crippen LogP contribution in [0.5, 0.6) is 17.2 Å². The molecular formula is C27H31ClNO4. The minimum atomic E-state index is -0.704. The van der Waals surface area contributed by atoms with Crippen LogP contribution in [0.25, 0.3) is 0 Å². The second kappa shape index (κ2) is 11.9. The fraction of sp³-hybridized carbons (Fsp3) is 0.296. The third kappa shape index (κ3) is 6.41. The molecule has 3 aromatic rings. The third-order valence-electron chi connectivity index (χ3n) is 5.64. The molecular weight excluding hydrogens is 438 g/mol. The van der Waals surface area contributed by atoms with Crippen molar-refractivity contribution in [1.82, 2.24) is 4.90 Å². The summed E-state index contributed by atoms with van der Waals surface area (Å²) >= 11 is 6.16. The van der Waals surface area contributed by atoms with Crippen LogP contribution in [0.2, 0.25) is 5.02 Å². The zero-order valence-corrected chi connectivity index (χ0v) is 20.3. The Labute approximate surface area is 201 Å². The van der Waals surface area contributed by atoms with Crippen molar-refractivity contribution in [3.63, 3.8) is 0 Å². The summed E-state index contributed by atoms with van der Waals surface area (Å²) in [5, 5.41) is 11.7. The normalized spacial score (nSPS) is 12.9. The van der Waals surface area contributed by atoms with Crippen molar-refractivity contribution < 1.29 is 19.3 Å². The number of rotatable bonds is 11. The van der Waals surface area contributed by atoms with Crippen LogP contribution in [0.3, 0.4) is 0 Å². The van der Waals surface area contributed by atoms with Gasteiger partial charge in [-0.1, -0.05) is 48.9 Å². The van der Waals surface area contributed by atoms with E-state index in [1.165, 1.54) is 0 Å². The highest BCUT2D eigenvalue weighted by atomic mass is 35.5. The monoisotopic (exact) mass is 468 g/mol. The van der Waals surface area contributed by atoms with E-state index in [9.17, 15) is 5.11 Å². The van der Waals surface area contributed by atoms with Crippen LogP contribution in [0.15, 0.2) is 66.7 Å². The van der Waals surface area contributed by atoms with Crippen LogP contribution in [0.1, 0.15) is 35.8 Å². The van der Waals surface area contributed by atoms with Crippen molar-refractivity contribution in [2.75, 3.05) is 27.9 Å². The lowest BCUT2D eigenvalue weighted by Crippen LogP contribution is -2.32. The quantitative estimate of drug-likeness (QED) is 0.381. The maximum absolute atomic E-state index is 11.1. The highest BCUT2D eigenvalue weighted by Crippen LogP contribution is 2.35. The van der Waals surface area contributed by atoms with Gasteiger partial charge in [-0.25, -0.2) is 0 Å². The van der Waals surface area contributed by atoms with Gasteiger partial charge in [-0.05, 0) is 59.5 Å². The number of ether oxygens (including phenoxy) is 3. The molecule has 0 heterocycles. The Hall–Kier alpha value is -2.73. The van der Waals surface area contributed by atoms with Crippen LogP contribution in [-0.2, 0) is 6.54 Å². The lowest BCUT2D eigenvalue weighted by atomic mass is 9.99. The van der Waals surface area contributed by atoms with E-state index in [0.29, 0.717) is 29.6 Å². The van der Waals surface area contributed by atoms with E-state index >= 15 is 0 Å². The Kier molecular flexibility index (Phi) is 9.01. The molecule has 0 aliphatic rings. The molecule has 0 aliphatic heterocycles. The number of nitrogens with zero attached hydrogens (tertiary/aromatic N) is 1. The standard InChI is InChI=1S/C27H31ClNO4/c1-5-24(20-11-14-26(32-3)27(16-20)33-4)29(17-19-9-12-23(31-2)13-10-19)18-25(30)21-7-6-8-22(28)15-21/h5-16,24-25,30H,17-18H2,1-4H3/t24-,25?/m1/s1. The molecule has 6 heteroatoms. The van der Waals surface area contributed by atoms with Crippen LogP contribution in [0.4, 0.5) is 0 Å². The van der Waals surface area contributed by atoms with Crippen LogP contribution >= 0.6 is 11.6 Å². The van der Waals surface area contributed by atoms with Crippen molar-refractivity contribution in [3.05, 3.63) is 94.9 Å². The number of aliphatic hydroxyl groups is 1. The average molecular weight is 469 g/mol. The first-order valence-electron chi connectivity index (χ1n) is 10.8. The van der Waals surface area contributed by atoms with E-state index < -0.39 is 6.10 Å². The Balaban J connectivity index is 1.94. The molecule has 3 aromatic carbocycles. The van der Waals surface area contributed by atoms with E-state index in [1.807, 2.05) is 61.5 Å². The zero-order valence-electron chi connectivity index (χ0n) is 19.5. The SMILES string of the molecule is C[CH][C@H](c1ccc(OC)c(OC)c1)N(Cc1ccc(OC)cc1)CC(O)c1cccc(Cl)c1. The number of methoxy groups -OCH3 is 3. The Bertz CT molecular complexity index is 1020. The molecule has 33 heavy (non-hydrogen) atoms. The maximum Gasteiger partial charge on any atom is 0.161 e. The minimum Gasteiger partial charge on any atom is -0.497 e. The summed E-state index contributed by atoms with van der Waals surface area (Å²) in [7, 11) is 4.91. The zero-order chi connectivity index (χ0) is 23.8. The lowest BCUT2D eigenvalue weighted by molar-refractivity contribution is 0.0894. The van der Waals surface area contributed by atoms with Gasteiger partial charge in [0, 0.05) is 24.2 Å². The number of halogens is 1. The van der Waals surface area contributed by atoms with Crippen molar-refractivity contribution >= 4 is 11.6 Å². The van der Waals surface area contributed by atoms with Gasteiger partial charge in [-0.2, -0.15) is 0 Å². The Morgan fingerprint density at radius 1 is 0.879 bits per heavy atom. The third-order valence-corrected chi connectivity index (χ3v) is 5.88. The molecule has 0 bridgehead atoms. The summed E-state index contributed by atoms with van der Waals surface area (Å²) in [5.41, 5.74) is 2.94. The highest BCUT2D eigenvalue weighted by molar-refractivity contribution is 6.30. The predicted octanol–water partition coefficient (Wildman–Crippen LogP) is 5.87. The summed E-state index contributed by atoms with van der Waals surface area (Å²) in [6.07, 6.45) is 1.42. The van der Waals surface area contributed by atoms with Gasteiger partial charge in [-0.3, -0.25) is 4.90 Å². The fourth-order valence-corrected chi connectivity index (χ4v) is 4.13. The molecule has 0 amide bonds. The summed E-state index contributed by atoms with van der Waals surface area (Å²) in [5.74, 6) is 2.15. The molecule has 0 aliphatic carbocycles. The van der Waals surface area contributed by atoms with Crippen molar-refractivity contribution in [2.45, 2.75) is 25.6 Å². The van der Waals surface area contributed by atoms with Gasteiger partial charge >= 0.3 is 0 Å². The molecule has 0 fully saturated rings. The van der Waals surface area contributed by atoms with Crippen LogP contribution < -0.4 is 14.2 Å². The second-order valence-corrected chi connectivity index (χ2v) is 8.18. The number of aliphatic hydroxyl groups excluding tert-OH is 1. The van der Waals surface area contributed by atoms with Gasteiger partial charge in [0.25, 0.3) is 0 Å². The Morgan fingerprint density at radius 2 is 1.61 bits per heavy atom. The summed E-state index contributed by atoms with van der Waals surface area (Å²) in [6.45, 7) is 3.06. The number of hydrogen-bond acceptors (Lipinski definition) is 5. The van der Waals surface area contributed by atoms with Crippen molar-refractivity contribution in [1.29, 1.82) is 0 Å². The van der Waals surface area contributed by atoms with Gasteiger partial charge in [-0.15, -0.1) is 0 Å². The molecule has 0 saturated heterocycles. The molecule has 5 nitrogen and oxygen atoms in total. The molecule has 0 aromatic heterocycles. The van der Waals surface area contributed by atoms with E-state index in [2.05, 4.69) is 11.3 Å². The lowest BCUT2D eigenvalue weighted by Gasteiger charge is -2.33. The molecule has 1 unspecified atom stereocenters. The average Bonchev–Trinajstić information content (AvgIpc) is 2.84. The van der Waals surface area contributed by atoms with Gasteiger partial charge in [0.2, 0.25) is 0 Å². The topological polar surface area (TPSA) is 51.2 Å². The van der Waals surface area contributed by atoms with Crippen LogP contribution in [-0.4, -0.2) is 37.9 Å². The summed E-state index contributed by atoms with van der Waals surface area (Å²) < 4.78 is 16.2. The van der Waals surface area contributed by atoms with E-state index in [1.54, 1.807) is 33.5 Å². The molecule has 3 rings (SSSR count). The minimum absolute atomic E-state index is 0.0688. The first-order chi connectivity index (χ1) is 16.0. The summed E-state index contributed by atoms with van der Waals surface area (Å²) in [4.78, 5) is 2.23. The molecule has 1 radical (unpaired) electrons. The first kappa shape index (κ1) is 24.9. The van der Waals surface area contributed by atoms with Crippen molar-refractivity contribution in [3.8, 4) is 17.2 Å². The van der Waals surface area contributed by atoms with E-state index in [-0.39, 0.29) is 6.04 Å². The smallest absolute Gasteiger partial charge is 0.161 e. The second-order valence-electron chi connectivity index (χ2n) is 7.74. The number of hydrogen-bond donors (Lipinski definition) is 1. The van der Waals surface area contributed by atoms with E-state index in [4.69, 9.17) is 25.8 Å². The molecule has 0 spiro atoms. The van der Waals surface area contributed by atoms with Gasteiger partial charge in [0.05, 0.1) is 27.4 Å². The fourth-order valence-electron chi connectivity index (χ4n) is 3.93. The molecule has 1 N–H and O–H groups in total. The van der Waals surface area contributed by atoms with Crippen LogP contribution in [0, 0.1) is 6.42 Å². The number of benzene rings is 3.